The Bertz CT molecular complexity index is 217. The van der Waals surface area contributed by atoms with Gasteiger partial charge in [-0.2, -0.15) is 0 Å². The average Bonchev–Trinajstić information content (AvgIpc) is 2.80. The first-order valence-corrected chi connectivity index (χ1v) is 7.56. The van der Waals surface area contributed by atoms with Gasteiger partial charge in [0.25, 0.3) is 0 Å². The van der Waals surface area contributed by atoms with Crippen LogP contribution in [0.3, 0.4) is 0 Å². The van der Waals surface area contributed by atoms with E-state index < -0.39 is 0 Å². The molecule has 2 N–H and O–H groups in total. The van der Waals surface area contributed by atoms with Gasteiger partial charge in [-0.3, -0.25) is 4.90 Å². The summed E-state index contributed by atoms with van der Waals surface area (Å²) in [6.45, 7) is 12.5. The molecule has 0 bridgehead atoms. The third-order valence-electron chi connectivity index (χ3n) is 4.93. The second-order valence-corrected chi connectivity index (χ2v) is 6.00. The summed E-state index contributed by atoms with van der Waals surface area (Å²) in [6.07, 6.45) is 6.61. The fourth-order valence-corrected chi connectivity index (χ4v) is 3.33. The molecule has 0 heterocycles. The second kappa shape index (κ2) is 6.75. The van der Waals surface area contributed by atoms with Crippen molar-refractivity contribution in [3.8, 4) is 0 Å². The van der Waals surface area contributed by atoms with Crippen LogP contribution in [0.2, 0.25) is 0 Å². The quantitative estimate of drug-likeness (QED) is 0.740. The van der Waals surface area contributed by atoms with Crippen molar-refractivity contribution in [1.29, 1.82) is 0 Å². The molecule has 0 aliphatic heterocycles. The van der Waals surface area contributed by atoms with Crippen LogP contribution in [-0.2, 0) is 0 Å². The van der Waals surface area contributed by atoms with Crippen molar-refractivity contribution in [2.75, 3.05) is 19.6 Å². The smallest absolute Gasteiger partial charge is 0.0334 e. The van der Waals surface area contributed by atoms with Crippen molar-refractivity contribution in [3.05, 3.63) is 0 Å². The summed E-state index contributed by atoms with van der Waals surface area (Å²) >= 11 is 0. The number of hydrogen-bond acceptors (Lipinski definition) is 2. The van der Waals surface area contributed by atoms with E-state index in [-0.39, 0.29) is 0 Å². The van der Waals surface area contributed by atoms with Gasteiger partial charge in [0.2, 0.25) is 0 Å². The molecule has 0 spiro atoms. The third kappa shape index (κ3) is 3.45. The highest BCUT2D eigenvalue weighted by Crippen LogP contribution is 2.40. The predicted octanol–water partition coefficient (Wildman–Crippen LogP) is 3.26. The molecular formula is C15H32N2. The van der Waals surface area contributed by atoms with Gasteiger partial charge in [-0.05, 0) is 37.6 Å². The summed E-state index contributed by atoms with van der Waals surface area (Å²) in [5.41, 5.74) is 6.46. The van der Waals surface area contributed by atoms with Gasteiger partial charge in [-0.1, -0.05) is 40.5 Å². The topological polar surface area (TPSA) is 29.3 Å². The molecule has 0 radical (unpaired) electrons. The third-order valence-corrected chi connectivity index (χ3v) is 4.93. The van der Waals surface area contributed by atoms with Crippen molar-refractivity contribution in [2.45, 2.75) is 65.3 Å². The predicted molar refractivity (Wildman–Crippen MR) is 76.1 cm³/mol. The maximum Gasteiger partial charge on any atom is 0.0334 e. The van der Waals surface area contributed by atoms with Gasteiger partial charge >= 0.3 is 0 Å². The Balaban J connectivity index is 2.69. The Labute approximate surface area is 108 Å². The minimum absolute atomic E-state index is 0.318. The lowest BCUT2D eigenvalue weighted by molar-refractivity contribution is 0.0840. The number of nitrogens with zero attached hydrogens (tertiary/aromatic N) is 1. The van der Waals surface area contributed by atoms with Crippen molar-refractivity contribution >= 4 is 0 Å². The van der Waals surface area contributed by atoms with E-state index in [0.29, 0.717) is 5.54 Å². The zero-order valence-electron chi connectivity index (χ0n) is 12.3. The Morgan fingerprint density at radius 3 is 2.47 bits per heavy atom. The van der Waals surface area contributed by atoms with Gasteiger partial charge in [0, 0.05) is 18.6 Å². The number of hydrogen-bond donors (Lipinski definition) is 1. The molecule has 0 aromatic carbocycles. The monoisotopic (exact) mass is 240 g/mol. The van der Waals surface area contributed by atoms with E-state index >= 15 is 0 Å². The SMILES string of the molecule is CCC(C)CN(CC)C1(CN)CCC(CC)C1. The molecule has 102 valence electrons. The average molecular weight is 240 g/mol. The van der Waals surface area contributed by atoms with Gasteiger partial charge in [0.15, 0.2) is 0 Å². The van der Waals surface area contributed by atoms with Crippen LogP contribution in [0, 0.1) is 11.8 Å². The molecule has 0 amide bonds. The standard InChI is InChI=1S/C15H32N2/c1-5-13(4)11-17(7-3)15(12-16)9-8-14(6-2)10-15/h13-14H,5-12,16H2,1-4H3. The van der Waals surface area contributed by atoms with E-state index in [1.165, 1.54) is 38.6 Å². The molecule has 1 aliphatic carbocycles. The molecular weight excluding hydrogens is 208 g/mol. The van der Waals surface area contributed by atoms with Crippen LogP contribution in [0.5, 0.6) is 0 Å². The van der Waals surface area contributed by atoms with Crippen molar-refractivity contribution < 1.29 is 0 Å². The van der Waals surface area contributed by atoms with Crippen molar-refractivity contribution in [1.82, 2.24) is 4.90 Å². The highest BCUT2D eigenvalue weighted by Gasteiger charge is 2.41. The number of likely N-dealkylation sites (N-methyl/N-ethyl adjacent to an activating group) is 1. The lowest BCUT2D eigenvalue weighted by Gasteiger charge is -2.42. The van der Waals surface area contributed by atoms with E-state index in [4.69, 9.17) is 5.73 Å². The number of nitrogens with two attached hydrogens (primary N) is 1. The molecule has 0 aromatic heterocycles. The zero-order chi connectivity index (χ0) is 12.9. The maximum atomic E-state index is 6.14. The first-order valence-electron chi connectivity index (χ1n) is 7.56. The van der Waals surface area contributed by atoms with Gasteiger partial charge in [0.05, 0.1) is 0 Å². The lowest BCUT2D eigenvalue weighted by Crippen LogP contribution is -2.53. The van der Waals surface area contributed by atoms with Gasteiger partial charge < -0.3 is 5.73 Å². The highest BCUT2D eigenvalue weighted by atomic mass is 15.2. The van der Waals surface area contributed by atoms with Crippen LogP contribution in [0.1, 0.15) is 59.8 Å². The molecule has 1 saturated carbocycles. The van der Waals surface area contributed by atoms with Crippen molar-refractivity contribution in [3.63, 3.8) is 0 Å². The summed E-state index contributed by atoms with van der Waals surface area (Å²) in [7, 11) is 0. The zero-order valence-corrected chi connectivity index (χ0v) is 12.3. The van der Waals surface area contributed by atoms with Crippen LogP contribution in [-0.4, -0.2) is 30.1 Å². The largest absolute Gasteiger partial charge is 0.329 e. The first kappa shape index (κ1) is 15.0. The van der Waals surface area contributed by atoms with Gasteiger partial charge in [0.1, 0.15) is 0 Å². The van der Waals surface area contributed by atoms with Crippen LogP contribution in [0.4, 0.5) is 0 Å². The van der Waals surface area contributed by atoms with Crippen LogP contribution in [0.25, 0.3) is 0 Å². The summed E-state index contributed by atoms with van der Waals surface area (Å²) in [5.74, 6) is 1.70. The summed E-state index contributed by atoms with van der Waals surface area (Å²) in [6, 6.07) is 0. The molecule has 0 aromatic rings. The van der Waals surface area contributed by atoms with E-state index in [2.05, 4.69) is 32.6 Å². The van der Waals surface area contributed by atoms with E-state index in [1.807, 2.05) is 0 Å². The van der Waals surface area contributed by atoms with Crippen LogP contribution < -0.4 is 5.73 Å². The van der Waals surface area contributed by atoms with Gasteiger partial charge in [-0.25, -0.2) is 0 Å². The molecule has 2 heteroatoms. The van der Waals surface area contributed by atoms with Crippen molar-refractivity contribution in [2.24, 2.45) is 17.6 Å². The molecule has 1 aliphatic rings. The van der Waals surface area contributed by atoms with E-state index in [9.17, 15) is 0 Å². The molecule has 17 heavy (non-hydrogen) atoms. The fourth-order valence-electron chi connectivity index (χ4n) is 3.33. The Morgan fingerprint density at radius 2 is 2.06 bits per heavy atom. The molecule has 2 nitrogen and oxygen atoms in total. The van der Waals surface area contributed by atoms with E-state index in [0.717, 1.165) is 24.9 Å². The molecule has 1 rings (SSSR count). The minimum Gasteiger partial charge on any atom is -0.329 e. The number of rotatable bonds is 7. The lowest BCUT2D eigenvalue weighted by atomic mass is 9.91. The van der Waals surface area contributed by atoms with E-state index in [1.54, 1.807) is 0 Å². The molecule has 3 atom stereocenters. The normalized spacial score (nSPS) is 31.1. The summed E-state index contributed by atoms with van der Waals surface area (Å²) in [5, 5.41) is 0. The first-order chi connectivity index (χ1) is 8.11. The van der Waals surface area contributed by atoms with Crippen LogP contribution in [0.15, 0.2) is 0 Å². The summed E-state index contributed by atoms with van der Waals surface area (Å²) in [4.78, 5) is 2.68. The minimum atomic E-state index is 0.318. The highest BCUT2D eigenvalue weighted by molar-refractivity contribution is 4.98. The molecule has 3 unspecified atom stereocenters. The van der Waals surface area contributed by atoms with Crippen LogP contribution >= 0.6 is 0 Å². The molecule has 1 fully saturated rings. The second-order valence-electron chi connectivity index (χ2n) is 6.00. The Hall–Kier alpha value is -0.0800. The Morgan fingerprint density at radius 1 is 1.35 bits per heavy atom. The fraction of sp³-hybridized carbons (Fsp3) is 1.00. The summed E-state index contributed by atoms with van der Waals surface area (Å²) < 4.78 is 0. The van der Waals surface area contributed by atoms with Gasteiger partial charge in [-0.15, -0.1) is 0 Å². The Kier molecular flexibility index (Phi) is 5.94. The maximum absolute atomic E-state index is 6.14. The molecule has 0 saturated heterocycles.